The largest absolute Gasteiger partial charge is 0.497 e. The zero-order valence-electron chi connectivity index (χ0n) is 22.1. The Morgan fingerprint density at radius 3 is 2.19 bits per heavy atom. The van der Waals surface area contributed by atoms with E-state index in [9.17, 15) is 9.59 Å². The second kappa shape index (κ2) is 13.2. The van der Waals surface area contributed by atoms with E-state index >= 15 is 0 Å². The van der Waals surface area contributed by atoms with Crippen LogP contribution in [0.15, 0.2) is 66.7 Å². The van der Waals surface area contributed by atoms with E-state index in [-0.39, 0.29) is 31.0 Å². The van der Waals surface area contributed by atoms with Crippen LogP contribution in [0.4, 0.5) is 0 Å². The minimum Gasteiger partial charge on any atom is -0.497 e. The maximum atomic E-state index is 13.7. The van der Waals surface area contributed by atoms with Gasteiger partial charge in [-0.25, -0.2) is 0 Å². The van der Waals surface area contributed by atoms with Crippen molar-refractivity contribution >= 4 is 23.4 Å². The van der Waals surface area contributed by atoms with E-state index in [1.54, 1.807) is 12.0 Å². The van der Waals surface area contributed by atoms with E-state index in [1.807, 2.05) is 94.4 Å². The van der Waals surface area contributed by atoms with Gasteiger partial charge in [0.25, 0.3) is 5.91 Å². The lowest BCUT2D eigenvalue weighted by Crippen LogP contribution is -2.52. The first-order chi connectivity index (χ1) is 17.7. The number of nitrogens with zero attached hydrogens (tertiary/aromatic N) is 1. The standard InChI is InChI=1S/C30H35ClN2O4/c1-20(2)32-30(35)27(17-23-10-7-6-8-11-23)33(18-24-12-9-13-25(16-24)36-5)28(34)19-37-26-14-21(3)29(31)22(4)15-26/h6-16,20,27H,17-19H2,1-5H3,(H,32,35)/t27-/m1/s1. The third-order valence-corrected chi connectivity index (χ3v) is 6.56. The number of ether oxygens (including phenoxy) is 2. The fourth-order valence-electron chi connectivity index (χ4n) is 4.12. The highest BCUT2D eigenvalue weighted by Gasteiger charge is 2.31. The molecule has 7 heteroatoms. The van der Waals surface area contributed by atoms with Gasteiger partial charge in [0.15, 0.2) is 6.61 Å². The lowest BCUT2D eigenvalue weighted by Gasteiger charge is -2.32. The Kier molecular flexibility index (Phi) is 9.98. The molecule has 3 rings (SSSR count). The van der Waals surface area contributed by atoms with Gasteiger partial charge in [-0.1, -0.05) is 54.1 Å². The molecule has 0 heterocycles. The lowest BCUT2D eigenvalue weighted by atomic mass is 10.0. The van der Waals surface area contributed by atoms with E-state index in [0.29, 0.717) is 22.9 Å². The van der Waals surface area contributed by atoms with Gasteiger partial charge in [0.05, 0.1) is 7.11 Å². The predicted octanol–water partition coefficient (Wildman–Crippen LogP) is 5.51. The number of methoxy groups -OCH3 is 1. The van der Waals surface area contributed by atoms with E-state index in [4.69, 9.17) is 21.1 Å². The molecular weight excluding hydrogens is 488 g/mol. The maximum Gasteiger partial charge on any atom is 0.261 e. The minimum atomic E-state index is -0.735. The van der Waals surface area contributed by atoms with Crippen molar-refractivity contribution in [2.24, 2.45) is 0 Å². The summed E-state index contributed by atoms with van der Waals surface area (Å²) in [6.07, 6.45) is 0.369. The van der Waals surface area contributed by atoms with Crippen LogP contribution >= 0.6 is 11.6 Å². The first-order valence-corrected chi connectivity index (χ1v) is 12.7. The smallest absolute Gasteiger partial charge is 0.261 e. The molecule has 0 unspecified atom stereocenters. The van der Waals surface area contributed by atoms with Gasteiger partial charge in [0.1, 0.15) is 17.5 Å². The predicted molar refractivity (Wildman–Crippen MR) is 147 cm³/mol. The number of aryl methyl sites for hydroxylation is 2. The van der Waals surface area contributed by atoms with Gasteiger partial charge in [-0.3, -0.25) is 9.59 Å². The molecule has 196 valence electrons. The zero-order valence-corrected chi connectivity index (χ0v) is 22.8. The molecular formula is C30H35ClN2O4. The molecule has 0 aliphatic heterocycles. The molecule has 6 nitrogen and oxygen atoms in total. The third-order valence-electron chi connectivity index (χ3n) is 5.96. The Bertz CT molecular complexity index is 1190. The summed E-state index contributed by atoms with van der Waals surface area (Å²) in [5, 5.41) is 3.66. The summed E-state index contributed by atoms with van der Waals surface area (Å²) in [5.74, 6) is 0.723. The molecule has 0 fully saturated rings. The van der Waals surface area contributed by atoms with Crippen LogP contribution in [0.25, 0.3) is 0 Å². The van der Waals surface area contributed by atoms with Crippen LogP contribution in [0, 0.1) is 13.8 Å². The van der Waals surface area contributed by atoms with Gasteiger partial charge in [0.2, 0.25) is 5.91 Å². The Morgan fingerprint density at radius 1 is 0.919 bits per heavy atom. The molecule has 1 N–H and O–H groups in total. The molecule has 3 aromatic carbocycles. The number of nitrogens with one attached hydrogen (secondary N) is 1. The molecule has 0 bridgehead atoms. The van der Waals surface area contributed by atoms with Crippen LogP contribution in [-0.2, 0) is 22.6 Å². The summed E-state index contributed by atoms with van der Waals surface area (Å²) in [7, 11) is 1.60. The number of halogens is 1. The number of carbonyl (C=O) groups is 2. The second-order valence-electron chi connectivity index (χ2n) is 9.40. The summed E-state index contributed by atoms with van der Waals surface area (Å²) in [6, 6.07) is 20.0. The minimum absolute atomic E-state index is 0.0733. The molecule has 0 aromatic heterocycles. The summed E-state index contributed by atoms with van der Waals surface area (Å²) >= 11 is 6.29. The van der Waals surface area contributed by atoms with E-state index in [1.165, 1.54) is 0 Å². The fraction of sp³-hybridized carbons (Fsp3) is 0.333. The number of amides is 2. The molecule has 2 amide bonds. The number of rotatable bonds is 11. The van der Waals surface area contributed by atoms with Crippen molar-refractivity contribution in [3.05, 3.63) is 94.0 Å². The van der Waals surface area contributed by atoms with Crippen LogP contribution in [0.5, 0.6) is 11.5 Å². The molecule has 0 aliphatic carbocycles. The lowest BCUT2D eigenvalue weighted by molar-refractivity contribution is -0.143. The number of benzene rings is 3. The fourth-order valence-corrected chi connectivity index (χ4v) is 4.23. The van der Waals surface area contributed by atoms with Crippen molar-refractivity contribution in [3.8, 4) is 11.5 Å². The van der Waals surface area contributed by atoms with Gasteiger partial charge in [0, 0.05) is 24.0 Å². The summed E-state index contributed by atoms with van der Waals surface area (Å²) in [5.41, 5.74) is 3.55. The molecule has 0 aliphatic rings. The molecule has 0 saturated carbocycles. The highest BCUT2D eigenvalue weighted by Crippen LogP contribution is 2.26. The summed E-state index contributed by atoms with van der Waals surface area (Å²) in [4.78, 5) is 28.7. The normalized spacial score (nSPS) is 11.6. The Balaban J connectivity index is 1.94. The van der Waals surface area contributed by atoms with Crippen molar-refractivity contribution < 1.29 is 19.1 Å². The number of carbonyl (C=O) groups excluding carboxylic acids is 2. The van der Waals surface area contributed by atoms with Gasteiger partial charge in [-0.15, -0.1) is 0 Å². The summed E-state index contributed by atoms with van der Waals surface area (Å²) in [6.45, 7) is 7.60. The molecule has 1 atom stereocenters. The van der Waals surface area contributed by atoms with Crippen molar-refractivity contribution in [2.75, 3.05) is 13.7 Å². The van der Waals surface area contributed by atoms with Crippen LogP contribution in [0.3, 0.4) is 0 Å². The Morgan fingerprint density at radius 2 is 1.57 bits per heavy atom. The van der Waals surface area contributed by atoms with Crippen molar-refractivity contribution in [3.63, 3.8) is 0 Å². The van der Waals surface area contributed by atoms with Crippen molar-refractivity contribution in [1.29, 1.82) is 0 Å². The second-order valence-corrected chi connectivity index (χ2v) is 9.78. The maximum absolute atomic E-state index is 13.7. The topological polar surface area (TPSA) is 67.9 Å². The Hall–Kier alpha value is -3.51. The highest BCUT2D eigenvalue weighted by atomic mass is 35.5. The first kappa shape index (κ1) is 28.1. The van der Waals surface area contributed by atoms with Crippen molar-refractivity contribution in [2.45, 2.75) is 52.7 Å². The molecule has 3 aromatic rings. The van der Waals surface area contributed by atoms with Crippen LogP contribution in [0.1, 0.15) is 36.1 Å². The van der Waals surface area contributed by atoms with Gasteiger partial charge >= 0.3 is 0 Å². The van der Waals surface area contributed by atoms with Crippen molar-refractivity contribution in [1.82, 2.24) is 10.2 Å². The molecule has 0 spiro atoms. The van der Waals surface area contributed by atoms with Gasteiger partial charge in [-0.2, -0.15) is 0 Å². The molecule has 0 radical (unpaired) electrons. The Labute approximate surface area is 224 Å². The quantitative estimate of drug-likeness (QED) is 0.360. The molecule has 0 saturated heterocycles. The first-order valence-electron chi connectivity index (χ1n) is 12.3. The molecule has 37 heavy (non-hydrogen) atoms. The SMILES string of the molecule is COc1cccc(CN(C(=O)COc2cc(C)c(Cl)c(C)c2)[C@H](Cc2ccccc2)C(=O)NC(C)C)c1. The monoisotopic (exact) mass is 522 g/mol. The zero-order chi connectivity index (χ0) is 26.9. The van der Waals surface area contributed by atoms with Gasteiger partial charge in [-0.05, 0) is 74.2 Å². The van der Waals surface area contributed by atoms with E-state index in [2.05, 4.69) is 5.32 Å². The van der Waals surface area contributed by atoms with Crippen LogP contribution in [0.2, 0.25) is 5.02 Å². The highest BCUT2D eigenvalue weighted by molar-refractivity contribution is 6.32. The summed E-state index contributed by atoms with van der Waals surface area (Å²) < 4.78 is 11.3. The average Bonchev–Trinajstić information content (AvgIpc) is 2.88. The van der Waals surface area contributed by atoms with Crippen LogP contribution < -0.4 is 14.8 Å². The van der Waals surface area contributed by atoms with Gasteiger partial charge < -0.3 is 19.7 Å². The average molecular weight is 523 g/mol. The van der Waals surface area contributed by atoms with Crippen LogP contribution in [-0.4, -0.2) is 42.5 Å². The number of hydrogen-bond acceptors (Lipinski definition) is 4. The third kappa shape index (κ3) is 7.99. The van der Waals surface area contributed by atoms with E-state index in [0.717, 1.165) is 22.3 Å². The van der Waals surface area contributed by atoms with E-state index < -0.39 is 6.04 Å². The number of hydrogen-bond donors (Lipinski definition) is 1.